The first kappa shape index (κ1) is 18.5. The first-order valence-electron chi connectivity index (χ1n) is 8.63. The SMILES string of the molecule is CCOC(=O)c1c(C)c(C(=O)N2CC(C)OC(C)C2)c(C)n1CC. The Bertz CT molecular complexity index is 625. The fourth-order valence-corrected chi connectivity index (χ4v) is 3.57. The van der Waals surface area contributed by atoms with Crippen LogP contribution < -0.4 is 0 Å². The second kappa shape index (κ2) is 7.38. The van der Waals surface area contributed by atoms with Crippen molar-refractivity contribution in [3.63, 3.8) is 0 Å². The summed E-state index contributed by atoms with van der Waals surface area (Å²) in [5.74, 6) is -0.410. The number of carbonyl (C=O) groups excluding carboxylic acids is 2. The van der Waals surface area contributed by atoms with Crippen molar-refractivity contribution in [2.24, 2.45) is 0 Å². The predicted molar refractivity (Wildman–Crippen MR) is 91.4 cm³/mol. The van der Waals surface area contributed by atoms with Crippen molar-refractivity contribution in [3.05, 3.63) is 22.5 Å². The third-order valence-corrected chi connectivity index (χ3v) is 4.47. The highest BCUT2D eigenvalue weighted by atomic mass is 16.5. The smallest absolute Gasteiger partial charge is 0.355 e. The lowest BCUT2D eigenvalue weighted by atomic mass is 10.1. The van der Waals surface area contributed by atoms with E-state index in [0.717, 1.165) is 5.69 Å². The maximum atomic E-state index is 13.1. The van der Waals surface area contributed by atoms with Crippen LogP contribution in [0.5, 0.6) is 0 Å². The molecule has 0 aliphatic carbocycles. The first-order valence-corrected chi connectivity index (χ1v) is 8.63. The topological polar surface area (TPSA) is 60.8 Å². The number of aromatic nitrogens is 1. The number of amides is 1. The van der Waals surface area contributed by atoms with Gasteiger partial charge >= 0.3 is 5.97 Å². The minimum absolute atomic E-state index is 0.0103. The molecule has 24 heavy (non-hydrogen) atoms. The van der Waals surface area contributed by atoms with Gasteiger partial charge in [0.15, 0.2) is 0 Å². The van der Waals surface area contributed by atoms with Gasteiger partial charge in [-0.25, -0.2) is 4.79 Å². The zero-order valence-corrected chi connectivity index (χ0v) is 15.5. The Kier molecular flexibility index (Phi) is 5.70. The number of morpholine rings is 1. The molecule has 134 valence electrons. The van der Waals surface area contributed by atoms with Gasteiger partial charge in [0.25, 0.3) is 5.91 Å². The average Bonchev–Trinajstić information content (AvgIpc) is 2.76. The third-order valence-electron chi connectivity index (χ3n) is 4.47. The van der Waals surface area contributed by atoms with E-state index in [2.05, 4.69) is 0 Å². The van der Waals surface area contributed by atoms with E-state index < -0.39 is 0 Å². The van der Waals surface area contributed by atoms with E-state index in [1.807, 2.05) is 44.1 Å². The number of rotatable bonds is 4. The molecular formula is C18H28N2O4. The van der Waals surface area contributed by atoms with Crippen LogP contribution in [-0.2, 0) is 16.0 Å². The van der Waals surface area contributed by atoms with Gasteiger partial charge in [-0.15, -0.1) is 0 Å². The highest BCUT2D eigenvalue weighted by Crippen LogP contribution is 2.26. The molecule has 1 saturated heterocycles. The van der Waals surface area contributed by atoms with Crippen LogP contribution in [0.15, 0.2) is 0 Å². The summed E-state index contributed by atoms with van der Waals surface area (Å²) in [6.07, 6.45) is 0.0206. The Hall–Kier alpha value is -1.82. The molecule has 1 fully saturated rings. The van der Waals surface area contributed by atoms with E-state index in [1.165, 1.54) is 0 Å². The highest BCUT2D eigenvalue weighted by Gasteiger charge is 2.32. The molecule has 1 aromatic rings. The monoisotopic (exact) mass is 336 g/mol. The number of hydrogen-bond donors (Lipinski definition) is 0. The molecule has 0 aromatic carbocycles. The van der Waals surface area contributed by atoms with Crippen LogP contribution in [0.4, 0.5) is 0 Å². The van der Waals surface area contributed by atoms with E-state index in [1.54, 1.807) is 6.92 Å². The Morgan fingerprint density at radius 1 is 1.17 bits per heavy atom. The lowest BCUT2D eigenvalue weighted by Crippen LogP contribution is -2.48. The van der Waals surface area contributed by atoms with Crippen LogP contribution in [0.2, 0.25) is 0 Å². The zero-order valence-electron chi connectivity index (χ0n) is 15.5. The van der Waals surface area contributed by atoms with Crippen LogP contribution in [0.1, 0.15) is 59.8 Å². The first-order chi connectivity index (χ1) is 11.3. The second-order valence-corrected chi connectivity index (χ2v) is 6.37. The van der Waals surface area contributed by atoms with E-state index in [9.17, 15) is 9.59 Å². The fourth-order valence-electron chi connectivity index (χ4n) is 3.57. The summed E-state index contributed by atoms with van der Waals surface area (Å²) in [5, 5.41) is 0. The molecule has 2 unspecified atom stereocenters. The van der Waals surface area contributed by atoms with Gasteiger partial charge in [0.1, 0.15) is 5.69 Å². The van der Waals surface area contributed by atoms with Gasteiger partial charge in [-0.2, -0.15) is 0 Å². The normalized spacial score (nSPS) is 21.0. The lowest BCUT2D eigenvalue weighted by molar-refractivity contribution is -0.0586. The summed E-state index contributed by atoms with van der Waals surface area (Å²) >= 11 is 0. The molecule has 1 aliphatic heterocycles. The molecule has 2 heterocycles. The molecule has 6 nitrogen and oxygen atoms in total. The lowest BCUT2D eigenvalue weighted by Gasteiger charge is -2.35. The Morgan fingerprint density at radius 2 is 1.75 bits per heavy atom. The Morgan fingerprint density at radius 3 is 2.25 bits per heavy atom. The number of carbonyl (C=O) groups is 2. The summed E-state index contributed by atoms with van der Waals surface area (Å²) in [4.78, 5) is 27.2. The number of hydrogen-bond acceptors (Lipinski definition) is 4. The molecule has 1 aliphatic rings. The summed E-state index contributed by atoms with van der Waals surface area (Å²) in [7, 11) is 0. The minimum atomic E-state index is -0.372. The second-order valence-electron chi connectivity index (χ2n) is 6.37. The molecule has 0 saturated carbocycles. The number of esters is 1. The van der Waals surface area contributed by atoms with Crippen molar-refractivity contribution in [3.8, 4) is 0 Å². The van der Waals surface area contributed by atoms with Gasteiger partial charge < -0.3 is 18.9 Å². The maximum absolute atomic E-state index is 13.1. The molecule has 0 spiro atoms. The van der Waals surface area contributed by atoms with Gasteiger partial charge in [-0.1, -0.05) is 0 Å². The minimum Gasteiger partial charge on any atom is -0.461 e. The third kappa shape index (κ3) is 3.34. The maximum Gasteiger partial charge on any atom is 0.355 e. The van der Waals surface area contributed by atoms with Gasteiger partial charge in [0, 0.05) is 25.3 Å². The fraction of sp³-hybridized carbons (Fsp3) is 0.667. The molecule has 0 N–H and O–H groups in total. The molecule has 1 aromatic heterocycles. The molecule has 6 heteroatoms. The van der Waals surface area contributed by atoms with E-state index in [0.29, 0.717) is 43.1 Å². The van der Waals surface area contributed by atoms with Crippen molar-refractivity contribution in [2.45, 2.75) is 60.3 Å². The summed E-state index contributed by atoms with van der Waals surface area (Å²) in [6.45, 7) is 13.4. The van der Waals surface area contributed by atoms with Crippen molar-refractivity contribution >= 4 is 11.9 Å². The molecule has 2 atom stereocenters. The number of nitrogens with zero attached hydrogens (tertiary/aromatic N) is 2. The van der Waals surface area contributed by atoms with Gasteiger partial charge in [-0.3, -0.25) is 4.79 Å². The summed E-state index contributed by atoms with van der Waals surface area (Å²) < 4.78 is 12.8. The summed E-state index contributed by atoms with van der Waals surface area (Å²) in [5.41, 5.74) is 2.61. The van der Waals surface area contributed by atoms with Crippen molar-refractivity contribution in [1.29, 1.82) is 0 Å². The van der Waals surface area contributed by atoms with Crippen LogP contribution in [-0.4, -0.2) is 53.2 Å². The molecule has 1 amide bonds. The highest BCUT2D eigenvalue weighted by molar-refractivity contribution is 6.01. The van der Waals surface area contributed by atoms with Crippen LogP contribution in [0, 0.1) is 13.8 Å². The van der Waals surface area contributed by atoms with Crippen molar-refractivity contribution in [1.82, 2.24) is 9.47 Å². The quantitative estimate of drug-likeness (QED) is 0.793. The van der Waals surface area contributed by atoms with Crippen LogP contribution in [0.25, 0.3) is 0 Å². The zero-order chi connectivity index (χ0) is 18.0. The van der Waals surface area contributed by atoms with Gasteiger partial charge in [0.05, 0.1) is 24.4 Å². The largest absolute Gasteiger partial charge is 0.461 e. The van der Waals surface area contributed by atoms with E-state index >= 15 is 0 Å². The van der Waals surface area contributed by atoms with E-state index in [-0.39, 0.29) is 24.1 Å². The molecule has 0 radical (unpaired) electrons. The Labute approximate surface area is 143 Å². The molecular weight excluding hydrogens is 308 g/mol. The number of ether oxygens (including phenoxy) is 2. The van der Waals surface area contributed by atoms with Gasteiger partial charge in [0.2, 0.25) is 0 Å². The van der Waals surface area contributed by atoms with Crippen molar-refractivity contribution in [2.75, 3.05) is 19.7 Å². The van der Waals surface area contributed by atoms with E-state index in [4.69, 9.17) is 9.47 Å². The standard InChI is InChI=1S/C18H28N2O4/c1-7-20-14(6)15(13(5)16(20)18(22)23-8-2)17(21)19-9-11(3)24-12(4)10-19/h11-12H,7-10H2,1-6H3. The Balaban J connectivity index is 2.43. The predicted octanol–water partition coefficient (Wildman–Crippen LogP) is 2.55. The molecule has 0 bridgehead atoms. The van der Waals surface area contributed by atoms with Gasteiger partial charge in [-0.05, 0) is 47.1 Å². The molecule has 2 rings (SSSR count). The summed E-state index contributed by atoms with van der Waals surface area (Å²) in [6, 6.07) is 0. The van der Waals surface area contributed by atoms with Crippen molar-refractivity contribution < 1.29 is 19.1 Å². The van der Waals surface area contributed by atoms with Crippen LogP contribution >= 0.6 is 0 Å². The van der Waals surface area contributed by atoms with Crippen LogP contribution in [0.3, 0.4) is 0 Å². The average molecular weight is 336 g/mol.